The highest BCUT2D eigenvalue weighted by atomic mass is 35.5. The molecule has 0 aliphatic rings. The first-order valence-electron chi connectivity index (χ1n) is 9.33. The third-order valence-corrected chi connectivity index (χ3v) is 4.79. The number of hydrogen-bond donors (Lipinski definition) is 0. The molecule has 3 rings (SSSR count). The predicted molar refractivity (Wildman–Crippen MR) is 108 cm³/mol. The minimum absolute atomic E-state index is 0.162. The molecular formula is C21H24ClN3O3. The van der Waals surface area contributed by atoms with E-state index in [1.807, 2.05) is 19.1 Å². The molecule has 28 heavy (non-hydrogen) atoms. The van der Waals surface area contributed by atoms with Crippen LogP contribution >= 0.6 is 11.6 Å². The minimum Gasteiger partial charge on any atom is -0.467 e. The summed E-state index contributed by atoms with van der Waals surface area (Å²) in [6, 6.07) is 7.28. The molecule has 0 spiro atoms. The molecular weight excluding hydrogens is 378 g/mol. The standard InChI is InChI=1S/C21H24ClN3O3/c1-3-4-11-25-21(22)19(16(2)23-25)9-10-20(26)24(14-17-7-5-12-27-17)15-18-8-6-13-28-18/h5-10,12-13H,3-4,11,14-15H2,1-2H3/b10-9+. The second kappa shape index (κ2) is 9.46. The molecule has 3 heterocycles. The summed E-state index contributed by atoms with van der Waals surface area (Å²) >= 11 is 6.45. The third kappa shape index (κ3) is 4.95. The number of hydrogen-bond acceptors (Lipinski definition) is 4. The lowest BCUT2D eigenvalue weighted by molar-refractivity contribution is -0.127. The summed E-state index contributed by atoms with van der Waals surface area (Å²) < 4.78 is 12.6. The van der Waals surface area contributed by atoms with E-state index >= 15 is 0 Å². The molecule has 0 fully saturated rings. The fourth-order valence-corrected chi connectivity index (χ4v) is 3.19. The lowest BCUT2D eigenvalue weighted by Crippen LogP contribution is -2.28. The van der Waals surface area contributed by atoms with Crippen LogP contribution in [-0.4, -0.2) is 20.6 Å². The Kier molecular flexibility index (Phi) is 6.76. The Morgan fingerprint density at radius 3 is 2.39 bits per heavy atom. The van der Waals surface area contributed by atoms with Crippen LogP contribution < -0.4 is 0 Å². The third-order valence-electron chi connectivity index (χ3n) is 4.39. The summed E-state index contributed by atoms with van der Waals surface area (Å²) in [5.74, 6) is 1.24. The number of carbonyl (C=O) groups is 1. The van der Waals surface area contributed by atoms with Crippen molar-refractivity contribution in [2.75, 3.05) is 0 Å². The fourth-order valence-electron chi connectivity index (χ4n) is 2.87. The largest absolute Gasteiger partial charge is 0.467 e. The number of halogens is 1. The zero-order valence-electron chi connectivity index (χ0n) is 16.1. The van der Waals surface area contributed by atoms with Crippen LogP contribution in [0.3, 0.4) is 0 Å². The Morgan fingerprint density at radius 1 is 1.21 bits per heavy atom. The molecule has 0 unspecified atom stereocenters. The maximum absolute atomic E-state index is 12.9. The summed E-state index contributed by atoms with van der Waals surface area (Å²) in [5.41, 5.74) is 1.57. The Hall–Kier alpha value is -2.73. The first kappa shape index (κ1) is 20.0. The first-order chi connectivity index (χ1) is 13.6. The minimum atomic E-state index is -0.162. The van der Waals surface area contributed by atoms with Crippen molar-refractivity contribution in [2.24, 2.45) is 0 Å². The lowest BCUT2D eigenvalue weighted by atomic mass is 10.2. The normalized spacial score (nSPS) is 11.4. The second-order valence-corrected chi connectivity index (χ2v) is 6.91. The number of unbranched alkanes of at least 4 members (excludes halogenated alkanes) is 1. The zero-order chi connectivity index (χ0) is 19.9. The molecule has 0 N–H and O–H groups in total. The van der Waals surface area contributed by atoms with Crippen molar-refractivity contribution in [2.45, 2.75) is 46.3 Å². The van der Waals surface area contributed by atoms with Crippen molar-refractivity contribution in [3.63, 3.8) is 0 Å². The SMILES string of the molecule is CCCCn1nc(C)c(/C=C/C(=O)N(Cc2ccco2)Cc2ccco2)c1Cl. The van der Waals surface area contributed by atoms with Gasteiger partial charge in [0.25, 0.3) is 0 Å². The molecule has 6 nitrogen and oxygen atoms in total. The van der Waals surface area contributed by atoms with E-state index < -0.39 is 0 Å². The topological polar surface area (TPSA) is 64.4 Å². The van der Waals surface area contributed by atoms with Gasteiger partial charge in [-0.1, -0.05) is 24.9 Å². The predicted octanol–water partition coefficient (Wildman–Crippen LogP) is 5.07. The van der Waals surface area contributed by atoms with Gasteiger partial charge in [0.15, 0.2) is 0 Å². The highest BCUT2D eigenvalue weighted by Crippen LogP contribution is 2.22. The van der Waals surface area contributed by atoms with Crippen LogP contribution in [-0.2, 0) is 24.4 Å². The van der Waals surface area contributed by atoms with Gasteiger partial charge in [-0.3, -0.25) is 9.48 Å². The summed E-state index contributed by atoms with van der Waals surface area (Å²) in [4.78, 5) is 14.5. The van der Waals surface area contributed by atoms with Crippen LogP contribution in [0.1, 0.15) is 42.5 Å². The Bertz CT molecular complexity index is 875. The molecule has 0 saturated heterocycles. The second-order valence-electron chi connectivity index (χ2n) is 6.55. The highest BCUT2D eigenvalue weighted by molar-refractivity contribution is 6.31. The Balaban J connectivity index is 1.76. The van der Waals surface area contributed by atoms with E-state index in [4.69, 9.17) is 20.4 Å². The Morgan fingerprint density at radius 2 is 1.86 bits per heavy atom. The summed E-state index contributed by atoms with van der Waals surface area (Å²) in [7, 11) is 0. The van der Waals surface area contributed by atoms with Crippen LogP contribution in [0.4, 0.5) is 0 Å². The quantitative estimate of drug-likeness (QED) is 0.469. The van der Waals surface area contributed by atoms with Crippen LogP contribution in [0, 0.1) is 6.92 Å². The molecule has 148 valence electrons. The van der Waals surface area contributed by atoms with E-state index in [9.17, 15) is 4.79 Å². The van der Waals surface area contributed by atoms with Gasteiger partial charge >= 0.3 is 0 Å². The number of amides is 1. The molecule has 0 aliphatic carbocycles. The summed E-state index contributed by atoms with van der Waals surface area (Å²) in [6.07, 6.45) is 8.50. The fraction of sp³-hybridized carbons (Fsp3) is 0.333. The molecule has 0 atom stereocenters. The summed E-state index contributed by atoms with van der Waals surface area (Å²) in [5, 5.41) is 5.02. The smallest absolute Gasteiger partial charge is 0.247 e. The van der Waals surface area contributed by atoms with Gasteiger partial charge in [0.1, 0.15) is 16.7 Å². The van der Waals surface area contributed by atoms with Gasteiger partial charge < -0.3 is 13.7 Å². The molecule has 3 aromatic rings. The van der Waals surface area contributed by atoms with E-state index in [2.05, 4.69) is 12.0 Å². The number of aryl methyl sites for hydroxylation is 2. The van der Waals surface area contributed by atoms with Gasteiger partial charge in [-0.05, 0) is 43.7 Å². The van der Waals surface area contributed by atoms with Crippen molar-refractivity contribution in [1.82, 2.24) is 14.7 Å². The maximum Gasteiger partial charge on any atom is 0.247 e. The molecule has 1 amide bonds. The van der Waals surface area contributed by atoms with Crippen molar-refractivity contribution >= 4 is 23.6 Å². The number of carbonyl (C=O) groups excluding carboxylic acids is 1. The van der Waals surface area contributed by atoms with E-state index in [-0.39, 0.29) is 5.91 Å². The van der Waals surface area contributed by atoms with Crippen molar-refractivity contribution in [3.05, 3.63) is 70.8 Å². The van der Waals surface area contributed by atoms with Gasteiger partial charge in [0.2, 0.25) is 5.91 Å². The van der Waals surface area contributed by atoms with E-state index in [0.29, 0.717) is 29.8 Å². The molecule has 0 bridgehead atoms. The van der Waals surface area contributed by atoms with Crippen molar-refractivity contribution < 1.29 is 13.6 Å². The lowest BCUT2D eigenvalue weighted by Gasteiger charge is -2.18. The highest BCUT2D eigenvalue weighted by Gasteiger charge is 2.16. The molecule has 0 aromatic carbocycles. The van der Waals surface area contributed by atoms with Crippen LogP contribution in [0.15, 0.2) is 51.7 Å². The zero-order valence-corrected chi connectivity index (χ0v) is 16.9. The van der Waals surface area contributed by atoms with Crippen LogP contribution in [0.5, 0.6) is 0 Å². The number of nitrogens with zero attached hydrogens (tertiary/aromatic N) is 3. The monoisotopic (exact) mass is 401 g/mol. The van der Waals surface area contributed by atoms with Crippen molar-refractivity contribution in [3.8, 4) is 0 Å². The van der Waals surface area contributed by atoms with Gasteiger partial charge in [-0.15, -0.1) is 0 Å². The first-order valence-corrected chi connectivity index (χ1v) is 9.71. The molecule has 3 aromatic heterocycles. The number of furan rings is 2. The van der Waals surface area contributed by atoms with Gasteiger partial charge in [0, 0.05) is 18.2 Å². The van der Waals surface area contributed by atoms with Crippen molar-refractivity contribution in [1.29, 1.82) is 0 Å². The molecule has 0 aliphatic heterocycles. The molecule has 0 saturated carbocycles. The number of rotatable bonds is 9. The molecule has 0 radical (unpaired) electrons. The van der Waals surface area contributed by atoms with E-state index in [0.717, 1.165) is 30.6 Å². The molecule has 7 heteroatoms. The number of aromatic nitrogens is 2. The summed E-state index contributed by atoms with van der Waals surface area (Å²) in [6.45, 7) is 5.47. The van der Waals surface area contributed by atoms with Crippen LogP contribution in [0.25, 0.3) is 6.08 Å². The van der Waals surface area contributed by atoms with Gasteiger partial charge in [0.05, 0.1) is 31.3 Å². The maximum atomic E-state index is 12.9. The average Bonchev–Trinajstić information content (AvgIpc) is 3.42. The van der Waals surface area contributed by atoms with Crippen LogP contribution in [0.2, 0.25) is 5.15 Å². The Labute approximate surface area is 169 Å². The average molecular weight is 402 g/mol. The van der Waals surface area contributed by atoms with Gasteiger partial charge in [-0.2, -0.15) is 5.10 Å². The van der Waals surface area contributed by atoms with E-state index in [1.165, 1.54) is 6.08 Å². The van der Waals surface area contributed by atoms with E-state index in [1.54, 1.807) is 40.3 Å². The van der Waals surface area contributed by atoms with Gasteiger partial charge in [-0.25, -0.2) is 0 Å².